The van der Waals surface area contributed by atoms with Crippen molar-refractivity contribution in [1.82, 2.24) is 34.6 Å². The van der Waals surface area contributed by atoms with E-state index in [1.807, 2.05) is 0 Å². The highest BCUT2D eigenvalue weighted by Crippen LogP contribution is 2.26. The van der Waals surface area contributed by atoms with E-state index in [0.717, 1.165) is 5.56 Å². The van der Waals surface area contributed by atoms with Gasteiger partial charge in [0.2, 0.25) is 0 Å². The number of nitrogens with zero attached hydrogens (tertiary/aromatic N) is 7. The lowest BCUT2D eigenvalue weighted by Crippen LogP contribution is -2.24. The number of benzene rings is 1. The first-order valence-corrected chi connectivity index (χ1v) is 8.70. The molecule has 0 atom stereocenters. The molecule has 0 saturated carbocycles. The molecule has 0 fully saturated rings. The van der Waals surface area contributed by atoms with E-state index in [-0.39, 0.29) is 22.7 Å². The van der Waals surface area contributed by atoms with Crippen molar-refractivity contribution in [2.24, 2.45) is 14.1 Å². The maximum Gasteiger partial charge on any atom is 0.267 e. The molecule has 0 saturated heterocycles. The second-order valence-electron chi connectivity index (χ2n) is 6.28. The molecule has 28 heavy (non-hydrogen) atoms. The summed E-state index contributed by atoms with van der Waals surface area (Å²) in [5.74, 6) is -0.513. The minimum atomic E-state index is -0.513. The fourth-order valence-electron chi connectivity index (χ4n) is 2.87. The van der Waals surface area contributed by atoms with Crippen molar-refractivity contribution in [1.29, 1.82) is 0 Å². The maximum atomic E-state index is 14.3. The van der Waals surface area contributed by atoms with E-state index in [2.05, 4.69) is 20.5 Å². The first-order chi connectivity index (χ1) is 13.4. The Morgan fingerprint density at radius 1 is 1.11 bits per heavy atom. The Hall–Kier alpha value is -3.33. The molecule has 0 spiro atoms. The van der Waals surface area contributed by atoms with Crippen LogP contribution in [0.4, 0.5) is 4.39 Å². The Morgan fingerprint density at radius 3 is 2.57 bits per heavy atom. The van der Waals surface area contributed by atoms with Crippen molar-refractivity contribution >= 4 is 11.6 Å². The average Bonchev–Trinajstić information content (AvgIpc) is 3.23. The van der Waals surface area contributed by atoms with Gasteiger partial charge in [-0.05, 0) is 18.2 Å². The largest absolute Gasteiger partial charge is 0.275 e. The van der Waals surface area contributed by atoms with Gasteiger partial charge in [0.05, 0.1) is 24.6 Å². The molecular weight excluding hydrogens is 385 g/mol. The van der Waals surface area contributed by atoms with Gasteiger partial charge in [-0.15, -0.1) is 5.10 Å². The van der Waals surface area contributed by atoms with E-state index < -0.39 is 5.82 Å². The molecule has 4 aromatic rings. The van der Waals surface area contributed by atoms with Gasteiger partial charge in [0, 0.05) is 48.1 Å². The number of aryl methyl sites for hydroxylation is 2. The second kappa shape index (κ2) is 7.01. The predicted octanol–water partition coefficient (Wildman–Crippen LogP) is 2.28. The highest BCUT2D eigenvalue weighted by molar-refractivity contribution is 6.30. The minimum Gasteiger partial charge on any atom is -0.275 e. The fourth-order valence-corrected chi connectivity index (χ4v) is 3.03. The standard InChI is InChI=1S/C18H15ClFN7O/c1-25-9-12(8-21-25)11-5-17(28)27(22-7-11)10-16-18(23-24-26(16)2)14-4-3-13(19)6-15(14)20/h3-9H,10H2,1-2H3. The third kappa shape index (κ3) is 3.31. The maximum absolute atomic E-state index is 14.3. The summed E-state index contributed by atoms with van der Waals surface area (Å²) in [6.45, 7) is 0.0903. The highest BCUT2D eigenvalue weighted by atomic mass is 35.5. The highest BCUT2D eigenvalue weighted by Gasteiger charge is 2.18. The van der Waals surface area contributed by atoms with Gasteiger partial charge >= 0.3 is 0 Å². The van der Waals surface area contributed by atoms with E-state index in [0.29, 0.717) is 17.0 Å². The molecule has 0 aliphatic heterocycles. The molecule has 8 nitrogen and oxygen atoms in total. The van der Waals surface area contributed by atoms with Gasteiger partial charge in [0.1, 0.15) is 11.5 Å². The van der Waals surface area contributed by atoms with Crippen LogP contribution < -0.4 is 5.56 Å². The van der Waals surface area contributed by atoms with Crippen molar-refractivity contribution < 1.29 is 4.39 Å². The molecule has 0 amide bonds. The summed E-state index contributed by atoms with van der Waals surface area (Å²) in [6.07, 6.45) is 5.05. The van der Waals surface area contributed by atoms with Crippen LogP contribution >= 0.6 is 11.6 Å². The topological polar surface area (TPSA) is 83.4 Å². The lowest BCUT2D eigenvalue weighted by molar-refractivity contribution is 0.587. The summed E-state index contributed by atoms with van der Waals surface area (Å²) in [5, 5.41) is 16.6. The molecule has 3 aromatic heterocycles. The zero-order valence-electron chi connectivity index (χ0n) is 15.0. The monoisotopic (exact) mass is 399 g/mol. The van der Waals surface area contributed by atoms with Gasteiger partial charge in [0.25, 0.3) is 5.56 Å². The Kier molecular flexibility index (Phi) is 4.52. The number of hydrogen-bond donors (Lipinski definition) is 0. The van der Waals surface area contributed by atoms with Crippen LogP contribution in [0.5, 0.6) is 0 Å². The van der Waals surface area contributed by atoms with Crippen LogP contribution in [0.2, 0.25) is 5.02 Å². The molecule has 0 N–H and O–H groups in total. The van der Waals surface area contributed by atoms with Crippen LogP contribution in [0.15, 0.2) is 47.7 Å². The van der Waals surface area contributed by atoms with Crippen LogP contribution in [-0.2, 0) is 20.6 Å². The summed E-state index contributed by atoms with van der Waals surface area (Å²) in [6, 6.07) is 5.80. The molecule has 0 unspecified atom stereocenters. The third-order valence-electron chi connectivity index (χ3n) is 4.34. The molecule has 0 bridgehead atoms. The third-order valence-corrected chi connectivity index (χ3v) is 4.57. The van der Waals surface area contributed by atoms with E-state index >= 15 is 0 Å². The van der Waals surface area contributed by atoms with Crippen molar-refractivity contribution in [2.75, 3.05) is 0 Å². The quantitative estimate of drug-likeness (QED) is 0.525. The van der Waals surface area contributed by atoms with Crippen LogP contribution in [0.1, 0.15) is 5.69 Å². The number of rotatable bonds is 4. The zero-order chi connectivity index (χ0) is 19.8. The van der Waals surface area contributed by atoms with Gasteiger partial charge < -0.3 is 0 Å². The summed E-state index contributed by atoms with van der Waals surface area (Å²) >= 11 is 5.82. The van der Waals surface area contributed by atoms with Crippen LogP contribution in [0.3, 0.4) is 0 Å². The first kappa shape index (κ1) is 18.1. The van der Waals surface area contributed by atoms with Gasteiger partial charge in [-0.25, -0.2) is 13.8 Å². The van der Waals surface area contributed by atoms with Crippen molar-refractivity contribution in [3.05, 3.63) is 69.7 Å². The molecule has 0 radical (unpaired) electrons. The molecule has 3 heterocycles. The van der Waals surface area contributed by atoms with E-state index in [1.165, 1.54) is 27.6 Å². The van der Waals surface area contributed by atoms with E-state index in [1.54, 1.807) is 43.4 Å². The van der Waals surface area contributed by atoms with Gasteiger partial charge in [-0.3, -0.25) is 9.48 Å². The smallest absolute Gasteiger partial charge is 0.267 e. The lowest BCUT2D eigenvalue weighted by Gasteiger charge is -2.08. The molecule has 142 valence electrons. The van der Waals surface area contributed by atoms with Gasteiger partial charge in [0.15, 0.2) is 0 Å². The van der Waals surface area contributed by atoms with Crippen LogP contribution in [0.25, 0.3) is 22.4 Å². The van der Waals surface area contributed by atoms with Crippen LogP contribution in [-0.4, -0.2) is 34.6 Å². The Balaban J connectivity index is 1.70. The SMILES string of the molecule is Cn1cc(-c2cnn(Cc3c(-c4ccc(Cl)cc4F)nnn3C)c(=O)c2)cn1. The predicted molar refractivity (Wildman–Crippen MR) is 101 cm³/mol. The molecule has 4 rings (SSSR count). The second-order valence-corrected chi connectivity index (χ2v) is 6.71. The Bertz CT molecular complexity index is 1230. The molecule has 0 aliphatic carbocycles. The molecule has 0 aliphatic rings. The molecule has 1 aromatic carbocycles. The Labute approximate surface area is 163 Å². The van der Waals surface area contributed by atoms with Gasteiger partial charge in [-0.2, -0.15) is 10.2 Å². The minimum absolute atomic E-state index is 0.0903. The molecular formula is C18H15ClFN7O. The average molecular weight is 400 g/mol. The summed E-state index contributed by atoms with van der Waals surface area (Å²) in [7, 11) is 3.47. The normalized spacial score (nSPS) is 11.1. The number of halogens is 2. The van der Waals surface area contributed by atoms with E-state index in [9.17, 15) is 9.18 Å². The van der Waals surface area contributed by atoms with Crippen molar-refractivity contribution in [3.8, 4) is 22.4 Å². The fraction of sp³-hybridized carbons (Fsp3) is 0.167. The van der Waals surface area contributed by atoms with Gasteiger partial charge in [-0.1, -0.05) is 16.8 Å². The summed E-state index contributed by atoms with van der Waals surface area (Å²) < 4.78 is 18.7. The van der Waals surface area contributed by atoms with E-state index in [4.69, 9.17) is 11.6 Å². The number of hydrogen-bond acceptors (Lipinski definition) is 5. The summed E-state index contributed by atoms with van der Waals surface area (Å²) in [5.41, 5.74) is 2.30. The first-order valence-electron chi connectivity index (χ1n) is 8.32. The van der Waals surface area contributed by atoms with Crippen molar-refractivity contribution in [2.45, 2.75) is 6.54 Å². The van der Waals surface area contributed by atoms with Crippen molar-refractivity contribution in [3.63, 3.8) is 0 Å². The zero-order valence-corrected chi connectivity index (χ0v) is 15.8. The summed E-state index contributed by atoms with van der Waals surface area (Å²) in [4.78, 5) is 12.5. The lowest BCUT2D eigenvalue weighted by atomic mass is 10.1. The molecule has 10 heteroatoms. The number of aromatic nitrogens is 7. The Morgan fingerprint density at radius 2 is 1.89 bits per heavy atom. The van der Waals surface area contributed by atoms with Crippen LogP contribution in [0, 0.1) is 5.82 Å².